The molecule has 7 heterocycles. The standard InChI is InChI=1S/C48H29N3O.C44H24N4S/c1-4-12-30(13-5-1)49(31-14-6-2-7-15-31)33-22-24-34(25-23-33)51-39-27-26-38-45-43-35(18-10-20-37(43)50(38)32-16-8-3-9-17-32)36-19-11-21-41-44(36)48-42(52-41)29-28-40(51)47(48)46(39)45;1-3-11-25(12-4-1)43-44(46-30-18-8-7-17-29(30)45-43)48-33-22-21-32-39-37-27(15-9-19-31(37)47(32)26-13-5-2-6-14-26)28-16-10-20-35-38(28)42-36(49-35)24-23-34(48)41(42)40(33)39/h1-29H;1-24H. The van der Waals surface area contributed by atoms with Crippen LogP contribution in [0, 0.1) is 0 Å². The van der Waals surface area contributed by atoms with Crippen molar-refractivity contribution in [1.82, 2.24) is 28.2 Å². The van der Waals surface area contributed by atoms with E-state index in [0.717, 1.165) is 84.4 Å². The first kappa shape index (κ1) is 54.7. The van der Waals surface area contributed by atoms with E-state index in [4.69, 9.17) is 14.4 Å². The van der Waals surface area contributed by atoms with E-state index in [0.29, 0.717) is 0 Å². The quantitative estimate of drug-likeness (QED) is 0.152. The lowest BCUT2D eigenvalue weighted by Crippen LogP contribution is -2.09. The van der Waals surface area contributed by atoms with E-state index in [1.165, 1.54) is 129 Å². The fourth-order valence-electron chi connectivity index (χ4n) is 17.5. The molecule has 24 rings (SSSR count). The van der Waals surface area contributed by atoms with E-state index in [1.807, 2.05) is 23.5 Å². The second-order valence-electron chi connectivity index (χ2n) is 26.6. The average Bonchev–Trinajstić information content (AvgIpc) is 1.52. The van der Waals surface area contributed by atoms with Crippen molar-refractivity contribution in [2.75, 3.05) is 4.90 Å². The summed E-state index contributed by atoms with van der Waals surface area (Å²) in [5.41, 5.74) is 21.7. The number of rotatable bonds is 8. The number of para-hydroxylation sites is 6. The van der Waals surface area contributed by atoms with Crippen LogP contribution in [-0.4, -0.2) is 28.2 Å². The van der Waals surface area contributed by atoms with Gasteiger partial charge in [-0.25, -0.2) is 9.97 Å². The maximum atomic E-state index is 6.64. The first-order valence-corrected chi connectivity index (χ1v) is 35.2. The highest BCUT2D eigenvalue weighted by Crippen LogP contribution is 2.54. The summed E-state index contributed by atoms with van der Waals surface area (Å²) in [6.45, 7) is 0. The maximum Gasteiger partial charge on any atom is 0.165 e. The largest absolute Gasteiger partial charge is 0.456 e. The van der Waals surface area contributed by atoms with Crippen LogP contribution in [0.15, 0.2) is 326 Å². The zero-order chi connectivity index (χ0) is 65.7. The van der Waals surface area contributed by atoms with E-state index in [1.54, 1.807) is 0 Å². The van der Waals surface area contributed by atoms with E-state index in [-0.39, 0.29) is 0 Å². The van der Waals surface area contributed by atoms with Crippen molar-refractivity contribution in [2.45, 2.75) is 0 Å². The zero-order valence-electron chi connectivity index (χ0n) is 54.0. The van der Waals surface area contributed by atoms with Gasteiger partial charge in [-0.2, -0.15) is 0 Å². The van der Waals surface area contributed by atoms with Crippen molar-refractivity contribution >= 4 is 190 Å². The fourth-order valence-corrected chi connectivity index (χ4v) is 18.6. The maximum absolute atomic E-state index is 6.64. The van der Waals surface area contributed by atoms with Gasteiger partial charge < -0.3 is 23.0 Å². The van der Waals surface area contributed by atoms with Crippen molar-refractivity contribution in [1.29, 1.82) is 0 Å². The number of aromatic nitrogens is 6. The Bertz CT molecular complexity index is 7370. The van der Waals surface area contributed by atoms with Gasteiger partial charge >= 0.3 is 0 Å². The normalized spacial score (nSPS) is 12.4. The molecule has 17 aromatic carbocycles. The molecule has 0 fully saturated rings. The van der Waals surface area contributed by atoms with Gasteiger partial charge in [0, 0.05) is 114 Å². The molecule has 0 unspecified atom stereocenters. The molecule has 0 bridgehead atoms. The second-order valence-corrected chi connectivity index (χ2v) is 27.7. The van der Waals surface area contributed by atoms with Crippen LogP contribution >= 0.6 is 11.3 Å². The van der Waals surface area contributed by atoms with Crippen LogP contribution in [0.1, 0.15) is 0 Å². The van der Waals surface area contributed by atoms with Crippen LogP contribution in [0.4, 0.5) is 17.1 Å². The molecule has 7 aromatic heterocycles. The number of hydrogen-bond donors (Lipinski definition) is 0. The lowest BCUT2D eigenvalue weighted by molar-refractivity contribution is 0.669. The van der Waals surface area contributed by atoms with Crippen LogP contribution in [0.5, 0.6) is 0 Å². The smallest absolute Gasteiger partial charge is 0.165 e. The summed E-state index contributed by atoms with van der Waals surface area (Å²) in [6.07, 6.45) is 0. The van der Waals surface area contributed by atoms with Gasteiger partial charge in [0.25, 0.3) is 0 Å². The number of fused-ring (bicyclic) bond motifs is 3. The Kier molecular flexibility index (Phi) is 11.2. The van der Waals surface area contributed by atoms with Crippen molar-refractivity contribution in [3.63, 3.8) is 0 Å². The molecule has 0 saturated carbocycles. The van der Waals surface area contributed by atoms with E-state index >= 15 is 0 Å². The van der Waals surface area contributed by atoms with Crippen LogP contribution in [0.2, 0.25) is 0 Å². The summed E-state index contributed by atoms with van der Waals surface area (Å²) >= 11 is 1.89. The fraction of sp³-hybridized carbons (Fsp3) is 0. The average molecular weight is 1300 g/mol. The van der Waals surface area contributed by atoms with Crippen molar-refractivity contribution < 1.29 is 4.42 Å². The molecule has 0 spiro atoms. The molecule has 9 heteroatoms. The van der Waals surface area contributed by atoms with Gasteiger partial charge in [-0.1, -0.05) is 164 Å². The van der Waals surface area contributed by atoms with E-state index in [9.17, 15) is 0 Å². The molecule has 0 aliphatic heterocycles. The summed E-state index contributed by atoms with van der Waals surface area (Å²) in [4.78, 5) is 13.0. The summed E-state index contributed by atoms with van der Waals surface area (Å²) in [5, 5.41) is 20.2. The highest BCUT2D eigenvalue weighted by Gasteiger charge is 2.31. The number of benzene rings is 15. The third kappa shape index (κ3) is 7.51. The Balaban J connectivity index is 0.000000125. The Morgan fingerprint density at radius 3 is 1.21 bits per heavy atom. The summed E-state index contributed by atoms with van der Waals surface area (Å²) in [5.74, 6) is 0.842. The Hall–Kier alpha value is -13.3. The lowest BCUT2D eigenvalue weighted by Gasteiger charge is -2.25. The molecule has 0 amide bonds. The van der Waals surface area contributed by atoms with Gasteiger partial charge in [-0.05, 0) is 179 Å². The molecular weight excluding hydrogens is 1250 g/mol. The highest BCUT2D eigenvalue weighted by molar-refractivity contribution is 7.26. The molecule has 0 aliphatic carbocycles. The number of furan rings is 1. The predicted molar refractivity (Wildman–Crippen MR) is 423 cm³/mol. The van der Waals surface area contributed by atoms with Gasteiger partial charge in [-0.15, -0.1) is 11.3 Å². The number of thiophene rings is 1. The molecule has 0 atom stereocenters. The minimum absolute atomic E-state index is 0.842. The topological polar surface area (TPSA) is 61.9 Å². The van der Waals surface area contributed by atoms with Crippen molar-refractivity contribution in [3.05, 3.63) is 322 Å². The molecule has 468 valence electrons. The molecule has 0 saturated heterocycles. The molecule has 24 aromatic rings. The Labute approximate surface area is 579 Å². The predicted octanol–water partition coefficient (Wildman–Crippen LogP) is 25.2. The second kappa shape index (κ2) is 20.6. The number of anilines is 3. The number of hydrogen-bond acceptors (Lipinski definition) is 5. The van der Waals surface area contributed by atoms with E-state index in [2.05, 4.69) is 333 Å². The molecule has 0 N–H and O–H groups in total. The van der Waals surface area contributed by atoms with Gasteiger partial charge in [0.15, 0.2) is 5.82 Å². The van der Waals surface area contributed by atoms with Crippen LogP contribution in [0.3, 0.4) is 0 Å². The van der Waals surface area contributed by atoms with Crippen molar-refractivity contribution in [2.24, 2.45) is 0 Å². The van der Waals surface area contributed by atoms with Crippen LogP contribution in [-0.2, 0) is 0 Å². The summed E-state index contributed by atoms with van der Waals surface area (Å²) < 4.78 is 19.0. The first-order valence-electron chi connectivity index (χ1n) is 34.4. The van der Waals surface area contributed by atoms with Crippen LogP contribution < -0.4 is 4.90 Å². The monoisotopic (exact) mass is 1300 g/mol. The van der Waals surface area contributed by atoms with Crippen molar-refractivity contribution in [3.8, 4) is 34.1 Å². The minimum Gasteiger partial charge on any atom is -0.456 e. The summed E-state index contributed by atoms with van der Waals surface area (Å²) in [6, 6.07) is 116. The first-order chi connectivity index (χ1) is 50.2. The molecule has 0 radical (unpaired) electrons. The minimum atomic E-state index is 0.842. The number of nitrogens with zero attached hydrogens (tertiary/aromatic N) is 7. The van der Waals surface area contributed by atoms with Gasteiger partial charge in [0.05, 0.1) is 55.2 Å². The zero-order valence-corrected chi connectivity index (χ0v) is 54.9. The third-order valence-corrected chi connectivity index (χ3v) is 22.6. The van der Waals surface area contributed by atoms with Gasteiger partial charge in [-0.3, -0.25) is 4.57 Å². The Morgan fingerprint density at radius 2 is 0.634 bits per heavy atom. The molecular formula is C92H53N7OS. The van der Waals surface area contributed by atoms with Gasteiger partial charge in [0.1, 0.15) is 16.9 Å². The highest BCUT2D eigenvalue weighted by atomic mass is 32.1. The lowest BCUT2D eigenvalue weighted by atomic mass is 9.95. The molecule has 0 aliphatic rings. The Morgan fingerprint density at radius 1 is 0.248 bits per heavy atom. The van der Waals surface area contributed by atoms with Crippen LogP contribution in [0.25, 0.3) is 196 Å². The van der Waals surface area contributed by atoms with Gasteiger partial charge in [0.2, 0.25) is 0 Å². The molecule has 101 heavy (non-hydrogen) atoms. The van der Waals surface area contributed by atoms with E-state index < -0.39 is 0 Å². The third-order valence-electron chi connectivity index (χ3n) is 21.4. The summed E-state index contributed by atoms with van der Waals surface area (Å²) in [7, 11) is 0. The SMILES string of the molecule is c1ccc(-c2nc3ccccc3nc2-n2c3ccc4sc5cccc6c7cccc8c7c7c(c3c4c56)c2ccc7n8-c2ccccc2)cc1.c1ccc(N(c2ccccc2)c2ccc(-n3c4ccc5oc6cccc7c8cccc9c8c8c(c4c5c67)c3ccc8n9-c3ccccc3)cc2)cc1. The molecule has 8 nitrogen and oxygen atoms in total.